The zero-order valence-electron chi connectivity index (χ0n) is 5.46. The molecule has 0 aromatic carbocycles. The largest absolute Gasteiger partial charge is 0.479 e. The molecule has 1 atom stereocenters. The molecule has 0 fully saturated rings. The first-order chi connectivity index (χ1) is 4.63. The van der Waals surface area contributed by atoms with Crippen molar-refractivity contribution in [1.82, 2.24) is 5.48 Å². The lowest BCUT2D eigenvalue weighted by molar-refractivity contribution is -0.146. The van der Waals surface area contributed by atoms with E-state index in [9.17, 15) is 4.79 Å². The molecule has 5 nitrogen and oxygen atoms in total. The van der Waals surface area contributed by atoms with Crippen LogP contribution >= 0.6 is 0 Å². The van der Waals surface area contributed by atoms with Crippen molar-refractivity contribution < 1.29 is 15.1 Å². The monoisotopic (exact) mass is 144 g/mol. The molecule has 0 aliphatic heterocycles. The first-order valence-corrected chi connectivity index (χ1v) is 2.69. The first kappa shape index (κ1) is 8.88. The zero-order chi connectivity index (χ0) is 8.20. The summed E-state index contributed by atoms with van der Waals surface area (Å²) in [6.07, 6.45) is 0.00926. The Morgan fingerprint density at radius 1 is 1.90 bits per heavy atom. The Balaban J connectivity index is 4.52. The van der Waals surface area contributed by atoms with Gasteiger partial charge in [0.2, 0.25) is 5.54 Å². The van der Waals surface area contributed by atoms with Crippen molar-refractivity contribution in [1.29, 1.82) is 5.26 Å². The minimum atomic E-state index is -1.85. The van der Waals surface area contributed by atoms with Gasteiger partial charge in [-0.25, -0.2) is 4.79 Å². The van der Waals surface area contributed by atoms with E-state index >= 15 is 0 Å². The third-order valence-electron chi connectivity index (χ3n) is 1.28. The van der Waals surface area contributed by atoms with Gasteiger partial charge in [0.15, 0.2) is 0 Å². The minimum absolute atomic E-state index is 0.00926. The van der Waals surface area contributed by atoms with Crippen LogP contribution in [0.2, 0.25) is 0 Å². The molecular weight excluding hydrogens is 136 g/mol. The standard InChI is InChI=1S/C5H8N2O3/c1-2-5(3-6,7-10)4(8)9/h7,10H,2H2,1H3,(H,8,9). The van der Waals surface area contributed by atoms with Gasteiger partial charge in [-0.2, -0.15) is 10.7 Å². The normalized spacial score (nSPS) is 15.3. The number of carboxylic acid groups (broad SMARTS) is 1. The fourth-order valence-corrected chi connectivity index (χ4v) is 0.430. The maximum absolute atomic E-state index is 10.3. The second-order valence-corrected chi connectivity index (χ2v) is 1.79. The Morgan fingerprint density at radius 2 is 2.40 bits per heavy atom. The van der Waals surface area contributed by atoms with Crippen LogP contribution in [0.15, 0.2) is 0 Å². The van der Waals surface area contributed by atoms with Crippen molar-refractivity contribution >= 4 is 5.97 Å². The summed E-state index contributed by atoms with van der Waals surface area (Å²) in [5, 5.41) is 25.0. The zero-order valence-corrected chi connectivity index (χ0v) is 5.46. The predicted octanol–water partition coefficient (Wildman–Crippen LogP) is -0.278. The third-order valence-corrected chi connectivity index (χ3v) is 1.28. The van der Waals surface area contributed by atoms with Crippen LogP contribution in [-0.2, 0) is 4.79 Å². The fourth-order valence-electron chi connectivity index (χ4n) is 0.430. The number of hydroxylamine groups is 1. The molecule has 0 aliphatic rings. The van der Waals surface area contributed by atoms with Gasteiger partial charge in [-0.3, -0.25) is 0 Å². The number of rotatable bonds is 3. The van der Waals surface area contributed by atoms with E-state index in [4.69, 9.17) is 15.6 Å². The van der Waals surface area contributed by atoms with E-state index in [-0.39, 0.29) is 6.42 Å². The van der Waals surface area contributed by atoms with Gasteiger partial charge < -0.3 is 10.3 Å². The summed E-state index contributed by atoms with van der Waals surface area (Å²) in [7, 11) is 0. The second kappa shape index (κ2) is 3.15. The molecule has 56 valence electrons. The maximum Gasteiger partial charge on any atom is 0.340 e. The highest BCUT2D eigenvalue weighted by atomic mass is 16.5. The molecule has 1 unspecified atom stereocenters. The summed E-state index contributed by atoms with van der Waals surface area (Å²) in [5.74, 6) is -1.37. The van der Waals surface area contributed by atoms with Crippen molar-refractivity contribution in [2.24, 2.45) is 0 Å². The highest BCUT2D eigenvalue weighted by Crippen LogP contribution is 2.06. The smallest absolute Gasteiger partial charge is 0.340 e. The number of carboxylic acids is 1. The van der Waals surface area contributed by atoms with E-state index in [1.807, 2.05) is 0 Å². The first-order valence-electron chi connectivity index (χ1n) is 2.69. The topological polar surface area (TPSA) is 93.4 Å². The Hall–Kier alpha value is -1.12. The van der Waals surface area contributed by atoms with Crippen LogP contribution in [-0.4, -0.2) is 21.8 Å². The van der Waals surface area contributed by atoms with Gasteiger partial charge in [-0.15, -0.1) is 0 Å². The number of nitrogens with one attached hydrogen (secondary N) is 1. The van der Waals surface area contributed by atoms with Gasteiger partial charge in [0.05, 0.1) is 6.07 Å². The van der Waals surface area contributed by atoms with Gasteiger partial charge >= 0.3 is 5.97 Å². The van der Waals surface area contributed by atoms with Crippen LogP contribution in [0.1, 0.15) is 13.3 Å². The highest BCUT2D eigenvalue weighted by molar-refractivity contribution is 5.82. The summed E-state index contributed by atoms with van der Waals surface area (Å²) in [6.45, 7) is 1.49. The number of nitrogens with zero attached hydrogens (tertiary/aromatic N) is 1. The van der Waals surface area contributed by atoms with E-state index in [0.29, 0.717) is 0 Å². The molecule has 0 saturated carbocycles. The Labute approximate surface area is 57.8 Å². The molecule has 5 heteroatoms. The molecule has 0 aromatic rings. The van der Waals surface area contributed by atoms with Gasteiger partial charge in [-0.05, 0) is 6.42 Å². The lowest BCUT2D eigenvalue weighted by Crippen LogP contribution is -2.48. The lowest BCUT2D eigenvalue weighted by Gasteiger charge is -2.16. The van der Waals surface area contributed by atoms with Crippen molar-refractivity contribution in [3.8, 4) is 6.07 Å². The van der Waals surface area contributed by atoms with E-state index in [1.54, 1.807) is 0 Å². The Morgan fingerprint density at radius 3 is 2.40 bits per heavy atom. The molecule has 0 saturated heterocycles. The van der Waals surface area contributed by atoms with Crippen LogP contribution in [0.25, 0.3) is 0 Å². The van der Waals surface area contributed by atoms with Crippen LogP contribution in [0, 0.1) is 11.3 Å². The fraction of sp³-hybridized carbons (Fsp3) is 0.600. The SMILES string of the molecule is CCC(C#N)(NO)C(=O)O. The van der Waals surface area contributed by atoms with Gasteiger partial charge in [0.1, 0.15) is 0 Å². The molecule has 0 amide bonds. The summed E-state index contributed by atoms with van der Waals surface area (Å²) in [6, 6.07) is 1.45. The number of hydrogen-bond donors (Lipinski definition) is 3. The summed E-state index contributed by atoms with van der Waals surface area (Å²) < 4.78 is 0. The van der Waals surface area contributed by atoms with Gasteiger partial charge in [-0.1, -0.05) is 6.92 Å². The number of nitriles is 1. The molecule has 0 heterocycles. The molecule has 0 radical (unpaired) electrons. The van der Waals surface area contributed by atoms with E-state index in [0.717, 1.165) is 0 Å². The van der Waals surface area contributed by atoms with Crippen molar-refractivity contribution in [3.63, 3.8) is 0 Å². The minimum Gasteiger partial charge on any atom is -0.479 e. The maximum atomic E-state index is 10.3. The molecule has 0 spiro atoms. The van der Waals surface area contributed by atoms with Gasteiger partial charge in [0.25, 0.3) is 0 Å². The van der Waals surface area contributed by atoms with Crippen LogP contribution in [0.5, 0.6) is 0 Å². The Kier molecular flexibility index (Phi) is 2.80. The molecule has 0 rings (SSSR count). The van der Waals surface area contributed by atoms with Crippen molar-refractivity contribution in [2.45, 2.75) is 18.9 Å². The molecule has 0 bridgehead atoms. The van der Waals surface area contributed by atoms with Crippen LogP contribution in [0.3, 0.4) is 0 Å². The molecule has 0 aromatic heterocycles. The van der Waals surface area contributed by atoms with Crippen LogP contribution in [0.4, 0.5) is 0 Å². The second-order valence-electron chi connectivity index (χ2n) is 1.79. The summed E-state index contributed by atoms with van der Waals surface area (Å²) in [4.78, 5) is 10.3. The Bertz CT molecular complexity index is 168. The third kappa shape index (κ3) is 1.23. The van der Waals surface area contributed by atoms with Crippen LogP contribution < -0.4 is 5.48 Å². The summed E-state index contributed by atoms with van der Waals surface area (Å²) >= 11 is 0. The van der Waals surface area contributed by atoms with E-state index in [2.05, 4.69) is 0 Å². The molecule has 10 heavy (non-hydrogen) atoms. The predicted molar refractivity (Wildman–Crippen MR) is 31.2 cm³/mol. The van der Waals surface area contributed by atoms with E-state index < -0.39 is 11.5 Å². The lowest BCUT2D eigenvalue weighted by atomic mass is 10.0. The molecule has 3 N–H and O–H groups in total. The van der Waals surface area contributed by atoms with E-state index in [1.165, 1.54) is 18.5 Å². The summed E-state index contributed by atoms with van der Waals surface area (Å²) in [5.41, 5.74) is -0.394. The molecule has 0 aliphatic carbocycles. The van der Waals surface area contributed by atoms with Gasteiger partial charge in [0, 0.05) is 0 Å². The van der Waals surface area contributed by atoms with Crippen molar-refractivity contribution in [2.75, 3.05) is 0 Å². The quantitative estimate of drug-likeness (QED) is 0.474. The van der Waals surface area contributed by atoms with Crippen molar-refractivity contribution in [3.05, 3.63) is 0 Å². The number of hydrogen-bond acceptors (Lipinski definition) is 4. The number of carbonyl (C=O) groups is 1. The average Bonchev–Trinajstić information content (AvgIpc) is 1.92. The molecular formula is C5H8N2O3. The number of aliphatic carboxylic acids is 1. The average molecular weight is 144 g/mol. The highest BCUT2D eigenvalue weighted by Gasteiger charge is 2.36.